The number of nitrogens with two attached hydrogens (primary N) is 2. The molecule has 136 valence electrons. The van der Waals surface area contributed by atoms with Gasteiger partial charge in [0, 0.05) is 24.6 Å². The van der Waals surface area contributed by atoms with Gasteiger partial charge in [-0.25, -0.2) is 19.9 Å². The van der Waals surface area contributed by atoms with E-state index in [0.717, 1.165) is 5.69 Å². The molecule has 9 heteroatoms. The van der Waals surface area contributed by atoms with Crippen molar-refractivity contribution in [3.63, 3.8) is 0 Å². The Balaban J connectivity index is 2.04. The van der Waals surface area contributed by atoms with Gasteiger partial charge in [-0.3, -0.25) is 4.79 Å². The Morgan fingerprint density at radius 2 is 2.04 bits per heavy atom. The molecule has 6 N–H and O–H groups in total. The van der Waals surface area contributed by atoms with Gasteiger partial charge in [-0.15, -0.1) is 0 Å². The van der Waals surface area contributed by atoms with Crippen molar-refractivity contribution in [3.05, 3.63) is 35.7 Å². The summed E-state index contributed by atoms with van der Waals surface area (Å²) in [6, 6.07) is 1.59. The first-order chi connectivity index (χ1) is 12.3. The number of nitrogens with one attached hydrogen (secondary N) is 2. The van der Waals surface area contributed by atoms with E-state index in [9.17, 15) is 4.79 Å². The summed E-state index contributed by atoms with van der Waals surface area (Å²) >= 11 is 0. The van der Waals surface area contributed by atoms with E-state index in [4.69, 9.17) is 11.5 Å². The van der Waals surface area contributed by atoms with Crippen molar-refractivity contribution in [2.24, 2.45) is 5.73 Å². The lowest BCUT2D eigenvalue weighted by Crippen LogP contribution is -2.20. The third-order valence-corrected chi connectivity index (χ3v) is 3.88. The number of hydrogen-bond acceptors (Lipinski definition) is 7. The van der Waals surface area contributed by atoms with Crippen molar-refractivity contribution < 1.29 is 4.79 Å². The Hall–Kier alpha value is -3.23. The number of hydrogen-bond donors (Lipinski definition) is 4. The normalized spacial score (nSPS) is 11.7. The van der Waals surface area contributed by atoms with Gasteiger partial charge in [0.05, 0.1) is 23.0 Å². The molecule has 0 aromatic carbocycles. The van der Waals surface area contributed by atoms with Crippen LogP contribution in [0.5, 0.6) is 0 Å². The van der Waals surface area contributed by atoms with E-state index >= 15 is 0 Å². The van der Waals surface area contributed by atoms with Crippen molar-refractivity contribution in [1.82, 2.24) is 24.9 Å². The SMILES string of the molecule is CC(C)(C)c1nc(NCCc2c[nH]cn2)c2cc(C(N)=O)c(N)nc2n1. The van der Waals surface area contributed by atoms with Crippen LogP contribution in [0.3, 0.4) is 0 Å². The number of nitrogen functional groups attached to an aromatic ring is 1. The Morgan fingerprint density at radius 1 is 1.27 bits per heavy atom. The molecule has 3 rings (SSSR count). The van der Waals surface area contributed by atoms with Crippen molar-refractivity contribution in [1.29, 1.82) is 0 Å². The van der Waals surface area contributed by atoms with Gasteiger partial charge in [0.2, 0.25) is 0 Å². The van der Waals surface area contributed by atoms with Gasteiger partial charge < -0.3 is 21.8 Å². The van der Waals surface area contributed by atoms with Gasteiger partial charge in [-0.05, 0) is 6.07 Å². The molecule has 3 heterocycles. The quantitative estimate of drug-likeness (QED) is 0.541. The average Bonchev–Trinajstić information content (AvgIpc) is 3.06. The third kappa shape index (κ3) is 3.56. The van der Waals surface area contributed by atoms with E-state index in [2.05, 4.69) is 30.2 Å². The second-order valence-electron chi connectivity index (χ2n) is 7.04. The molecule has 0 atom stereocenters. The number of rotatable bonds is 5. The summed E-state index contributed by atoms with van der Waals surface area (Å²) in [6.07, 6.45) is 4.19. The molecular formula is C17H22N8O. The Morgan fingerprint density at radius 3 is 2.65 bits per heavy atom. The van der Waals surface area contributed by atoms with Crippen LogP contribution in [0.4, 0.5) is 11.6 Å². The Kier molecular flexibility index (Phi) is 4.45. The molecule has 9 nitrogen and oxygen atoms in total. The molecule has 0 bridgehead atoms. The van der Waals surface area contributed by atoms with Gasteiger partial charge in [0.1, 0.15) is 17.5 Å². The number of H-pyrrole nitrogens is 1. The van der Waals surface area contributed by atoms with Gasteiger partial charge in [0.15, 0.2) is 5.65 Å². The fraction of sp³-hybridized carbons (Fsp3) is 0.353. The summed E-state index contributed by atoms with van der Waals surface area (Å²) in [5, 5.41) is 3.89. The number of aromatic nitrogens is 5. The summed E-state index contributed by atoms with van der Waals surface area (Å²) in [5.74, 6) is 0.641. The number of imidazole rings is 1. The number of amides is 1. The van der Waals surface area contributed by atoms with Crippen molar-refractivity contribution in [2.75, 3.05) is 17.6 Å². The first-order valence-corrected chi connectivity index (χ1v) is 8.26. The molecule has 0 radical (unpaired) electrons. The summed E-state index contributed by atoms with van der Waals surface area (Å²) in [5.41, 5.74) is 12.5. The molecular weight excluding hydrogens is 332 g/mol. The number of anilines is 2. The molecule has 0 aliphatic heterocycles. The zero-order valence-corrected chi connectivity index (χ0v) is 15.0. The minimum Gasteiger partial charge on any atom is -0.383 e. The van der Waals surface area contributed by atoms with Crippen LogP contribution < -0.4 is 16.8 Å². The monoisotopic (exact) mass is 354 g/mol. The van der Waals surface area contributed by atoms with Crippen LogP contribution in [0.2, 0.25) is 0 Å². The number of fused-ring (bicyclic) bond motifs is 1. The molecule has 0 saturated heterocycles. The highest BCUT2D eigenvalue weighted by Crippen LogP contribution is 2.27. The average molecular weight is 354 g/mol. The van der Waals surface area contributed by atoms with E-state index < -0.39 is 5.91 Å². The van der Waals surface area contributed by atoms with Crippen LogP contribution in [0.1, 0.15) is 42.6 Å². The lowest BCUT2D eigenvalue weighted by molar-refractivity contribution is 0.100. The summed E-state index contributed by atoms with van der Waals surface area (Å²) < 4.78 is 0. The highest BCUT2D eigenvalue weighted by atomic mass is 16.1. The standard InChI is InChI=1S/C17H22N8O/c1-17(2,3)16-24-14(21-5-4-9-7-20-8-22-9)11-6-10(13(19)26)12(18)23-15(11)25-16/h6-8H,4-5H2,1-3H3,(H2,19,26)(H,20,22)(H3,18,21,23,24,25). The number of carbonyl (C=O) groups is 1. The van der Waals surface area contributed by atoms with Crippen LogP contribution >= 0.6 is 0 Å². The second-order valence-corrected chi connectivity index (χ2v) is 7.04. The van der Waals surface area contributed by atoms with Gasteiger partial charge in [0.25, 0.3) is 5.91 Å². The molecule has 3 aromatic rings. The van der Waals surface area contributed by atoms with Crippen molar-refractivity contribution in [2.45, 2.75) is 32.6 Å². The second kappa shape index (κ2) is 6.58. The molecule has 0 aliphatic carbocycles. The van der Waals surface area contributed by atoms with E-state index in [1.54, 1.807) is 12.4 Å². The number of pyridine rings is 1. The minimum atomic E-state index is -0.640. The molecule has 0 fully saturated rings. The molecule has 0 aliphatic rings. The zero-order chi connectivity index (χ0) is 18.9. The zero-order valence-electron chi connectivity index (χ0n) is 15.0. The largest absolute Gasteiger partial charge is 0.383 e. The number of primary amides is 1. The van der Waals surface area contributed by atoms with E-state index in [-0.39, 0.29) is 16.8 Å². The fourth-order valence-corrected chi connectivity index (χ4v) is 2.47. The van der Waals surface area contributed by atoms with Crippen LogP contribution in [-0.4, -0.2) is 37.4 Å². The first-order valence-electron chi connectivity index (χ1n) is 8.26. The molecule has 26 heavy (non-hydrogen) atoms. The van der Waals surface area contributed by atoms with Crippen LogP contribution in [0, 0.1) is 0 Å². The highest BCUT2D eigenvalue weighted by molar-refractivity contribution is 6.02. The smallest absolute Gasteiger partial charge is 0.252 e. The maximum absolute atomic E-state index is 11.6. The molecule has 0 spiro atoms. The molecule has 1 amide bonds. The maximum Gasteiger partial charge on any atom is 0.252 e. The molecule has 0 saturated carbocycles. The third-order valence-electron chi connectivity index (χ3n) is 3.88. The predicted octanol–water partition coefficient (Wildman–Crippen LogP) is 1.38. The lowest BCUT2D eigenvalue weighted by Gasteiger charge is -2.19. The minimum absolute atomic E-state index is 0.0611. The van der Waals surface area contributed by atoms with Crippen LogP contribution in [0.25, 0.3) is 11.0 Å². The van der Waals surface area contributed by atoms with Crippen molar-refractivity contribution in [3.8, 4) is 0 Å². The topological polar surface area (TPSA) is 148 Å². The lowest BCUT2D eigenvalue weighted by atomic mass is 9.95. The molecule has 3 aromatic heterocycles. The van der Waals surface area contributed by atoms with Gasteiger partial charge >= 0.3 is 0 Å². The Labute approximate surface area is 150 Å². The van der Waals surface area contributed by atoms with E-state index in [1.165, 1.54) is 0 Å². The summed E-state index contributed by atoms with van der Waals surface area (Å²) in [6.45, 7) is 6.66. The number of aromatic amines is 1. The molecule has 0 unspecified atom stereocenters. The first kappa shape index (κ1) is 17.6. The fourth-order valence-electron chi connectivity index (χ4n) is 2.47. The number of nitrogens with zero attached hydrogens (tertiary/aromatic N) is 4. The van der Waals surface area contributed by atoms with Gasteiger partial charge in [-0.1, -0.05) is 20.8 Å². The van der Waals surface area contributed by atoms with Crippen molar-refractivity contribution >= 4 is 28.6 Å². The van der Waals surface area contributed by atoms with Crippen LogP contribution in [0.15, 0.2) is 18.6 Å². The highest BCUT2D eigenvalue weighted by Gasteiger charge is 2.22. The maximum atomic E-state index is 11.6. The van der Waals surface area contributed by atoms with Crippen LogP contribution in [-0.2, 0) is 11.8 Å². The number of carbonyl (C=O) groups excluding carboxylic acids is 1. The Bertz CT molecular complexity index is 944. The predicted molar refractivity (Wildman–Crippen MR) is 99.7 cm³/mol. The summed E-state index contributed by atoms with van der Waals surface area (Å²) in [4.78, 5) is 32.1. The van der Waals surface area contributed by atoms with E-state index in [1.807, 2.05) is 27.0 Å². The van der Waals surface area contributed by atoms with Gasteiger partial charge in [-0.2, -0.15) is 0 Å². The summed E-state index contributed by atoms with van der Waals surface area (Å²) in [7, 11) is 0. The van der Waals surface area contributed by atoms with E-state index in [0.29, 0.717) is 35.6 Å².